The van der Waals surface area contributed by atoms with Crippen molar-refractivity contribution < 1.29 is 24.9 Å². The molecule has 0 fully saturated rings. The predicted octanol–water partition coefficient (Wildman–Crippen LogP) is 2.75. The van der Waals surface area contributed by atoms with Gasteiger partial charge in [0.1, 0.15) is 5.75 Å². The zero-order chi connectivity index (χ0) is 18.8. The molecule has 0 bridgehead atoms. The van der Waals surface area contributed by atoms with Gasteiger partial charge in [-0.05, 0) is 48.5 Å². The van der Waals surface area contributed by atoms with Crippen LogP contribution in [0.15, 0.2) is 48.6 Å². The average molecular weight is 345 g/mol. The van der Waals surface area contributed by atoms with Crippen molar-refractivity contribution in [3.63, 3.8) is 0 Å². The van der Waals surface area contributed by atoms with Crippen LogP contribution >= 0.6 is 0 Å². The lowest BCUT2D eigenvalue weighted by atomic mass is 10.0. The summed E-state index contributed by atoms with van der Waals surface area (Å²) in [6.07, 6.45) is 2.09. The fraction of sp³-hybridized carbons (Fsp3) is 0.263. The van der Waals surface area contributed by atoms with Crippen LogP contribution < -0.4 is 0 Å². The maximum Gasteiger partial charge on any atom is 0.328 e. The molecule has 0 atom stereocenters. The molecule has 0 saturated heterocycles. The van der Waals surface area contributed by atoms with Crippen LogP contribution in [0.25, 0.3) is 10.8 Å². The number of phenolic OH excluding ortho intramolecular Hbond substituents is 1. The zero-order valence-corrected chi connectivity index (χ0v) is 14.3. The summed E-state index contributed by atoms with van der Waals surface area (Å²) >= 11 is 0. The van der Waals surface area contributed by atoms with Crippen LogP contribution in [-0.4, -0.2) is 52.3 Å². The van der Waals surface area contributed by atoms with Crippen LogP contribution in [0.1, 0.15) is 12.5 Å². The van der Waals surface area contributed by atoms with Crippen LogP contribution in [0.3, 0.4) is 0 Å². The Morgan fingerprint density at radius 2 is 1.68 bits per heavy atom. The van der Waals surface area contributed by atoms with E-state index in [0.29, 0.717) is 17.9 Å². The van der Waals surface area contributed by atoms with Gasteiger partial charge in [-0.15, -0.1) is 0 Å². The second-order valence-corrected chi connectivity index (χ2v) is 5.48. The summed E-state index contributed by atoms with van der Waals surface area (Å²) in [5, 5.41) is 27.7. The molecule has 0 aliphatic heterocycles. The Bertz CT molecular complexity index is 739. The number of benzene rings is 2. The SMILES string of the molecule is CCN(C)CCc1cc(O)cc2ccccc12.O=C(O)/C=C/C(=O)O. The molecule has 0 unspecified atom stereocenters. The van der Waals surface area contributed by atoms with Crippen LogP contribution in [0.2, 0.25) is 0 Å². The number of nitrogens with zero attached hydrogens (tertiary/aromatic N) is 1. The summed E-state index contributed by atoms with van der Waals surface area (Å²) < 4.78 is 0. The molecule has 6 nitrogen and oxygen atoms in total. The first-order valence-electron chi connectivity index (χ1n) is 7.86. The summed E-state index contributed by atoms with van der Waals surface area (Å²) in [6.45, 7) is 4.22. The van der Waals surface area contributed by atoms with E-state index in [0.717, 1.165) is 24.9 Å². The minimum Gasteiger partial charge on any atom is -0.508 e. The number of hydrogen-bond acceptors (Lipinski definition) is 4. The van der Waals surface area contributed by atoms with Crippen LogP contribution in [0, 0.1) is 0 Å². The lowest BCUT2D eigenvalue weighted by molar-refractivity contribution is -0.134. The quantitative estimate of drug-likeness (QED) is 0.697. The van der Waals surface area contributed by atoms with E-state index < -0.39 is 11.9 Å². The lowest BCUT2D eigenvalue weighted by Crippen LogP contribution is -2.20. The average Bonchev–Trinajstić information content (AvgIpc) is 2.58. The maximum absolute atomic E-state index is 9.72. The summed E-state index contributed by atoms with van der Waals surface area (Å²) in [6, 6.07) is 11.9. The van der Waals surface area contributed by atoms with Crippen molar-refractivity contribution in [2.24, 2.45) is 0 Å². The van der Waals surface area contributed by atoms with E-state index in [-0.39, 0.29) is 0 Å². The molecule has 0 saturated carbocycles. The number of aliphatic carboxylic acids is 2. The third-order valence-electron chi connectivity index (χ3n) is 3.60. The normalized spacial score (nSPS) is 10.7. The number of rotatable bonds is 6. The minimum absolute atomic E-state index is 0.359. The number of carboxylic acids is 2. The van der Waals surface area contributed by atoms with Gasteiger partial charge in [0.2, 0.25) is 0 Å². The molecule has 2 rings (SSSR count). The molecule has 0 aromatic heterocycles. The van der Waals surface area contributed by atoms with Gasteiger partial charge in [-0.2, -0.15) is 0 Å². The molecule has 0 spiro atoms. The summed E-state index contributed by atoms with van der Waals surface area (Å²) in [7, 11) is 2.12. The second kappa shape index (κ2) is 10.1. The lowest BCUT2D eigenvalue weighted by Gasteiger charge is -2.14. The van der Waals surface area contributed by atoms with E-state index in [1.54, 1.807) is 0 Å². The van der Waals surface area contributed by atoms with Gasteiger partial charge in [0.25, 0.3) is 0 Å². The molecular formula is C19H23NO5. The Kier molecular flexibility index (Phi) is 8.15. The van der Waals surface area contributed by atoms with Gasteiger partial charge in [-0.25, -0.2) is 9.59 Å². The molecule has 6 heteroatoms. The first-order chi connectivity index (χ1) is 11.8. The minimum atomic E-state index is -1.26. The topological polar surface area (TPSA) is 98.1 Å². The van der Waals surface area contributed by atoms with Gasteiger partial charge in [0.15, 0.2) is 0 Å². The fourth-order valence-electron chi connectivity index (χ4n) is 2.19. The molecule has 0 amide bonds. The maximum atomic E-state index is 9.72. The largest absolute Gasteiger partial charge is 0.508 e. The molecule has 0 radical (unpaired) electrons. The first kappa shape index (κ1) is 20.2. The van der Waals surface area contributed by atoms with E-state index in [4.69, 9.17) is 10.2 Å². The van der Waals surface area contributed by atoms with E-state index in [2.05, 4.69) is 24.9 Å². The highest BCUT2D eigenvalue weighted by atomic mass is 16.4. The Balaban J connectivity index is 0.000000333. The van der Waals surface area contributed by atoms with Gasteiger partial charge in [-0.3, -0.25) is 0 Å². The third-order valence-corrected chi connectivity index (χ3v) is 3.60. The molecule has 134 valence electrons. The number of likely N-dealkylation sites (N-methyl/N-ethyl adjacent to an activating group) is 1. The van der Waals surface area contributed by atoms with Crippen LogP contribution in [-0.2, 0) is 16.0 Å². The fourth-order valence-corrected chi connectivity index (χ4v) is 2.19. The predicted molar refractivity (Wildman–Crippen MR) is 96.9 cm³/mol. The molecule has 0 aliphatic rings. The highest BCUT2D eigenvalue weighted by molar-refractivity contribution is 5.89. The van der Waals surface area contributed by atoms with Gasteiger partial charge in [0.05, 0.1) is 0 Å². The van der Waals surface area contributed by atoms with Crippen molar-refractivity contribution in [2.75, 3.05) is 20.1 Å². The Morgan fingerprint density at radius 1 is 1.08 bits per heavy atom. The monoisotopic (exact) mass is 345 g/mol. The standard InChI is InChI=1S/C15H19NO.C4H4O4/c1-3-16(2)9-8-13-11-14(17)10-12-6-4-5-7-15(12)13;5-3(6)1-2-4(7)8/h4-7,10-11,17H,3,8-9H2,1-2H3;1-2H,(H,5,6)(H,7,8)/b;2-1+. The number of fused-ring (bicyclic) bond motifs is 1. The molecule has 0 aliphatic carbocycles. The van der Waals surface area contributed by atoms with E-state index in [9.17, 15) is 14.7 Å². The Labute approximate surface area is 146 Å². The number of carbonyl (C=O) groups is 2. The van der Waals surface area contributed by atoms with Crippen molar-refractivity contribution >= 4 is 22.7 Å². The van der Waals surface area contributed by atoms with E-state index >= 15 is 0 Å². The molecule has 3 N–H and O–H groups in total. The highest BCUT2D eigenvalue weighted by Crippen LogP contribution is 2.25. The van der Waals surface area contributed by atoms with Crippen molar-refractivity contribution in [1.82, 2.24) is 4.90 Å². The van der Waals surface area contributed by atoms with Gasteiger partial charge in [-0.1, -0.05) is 31.2 Å². The van der Waals surface area contributed by atoms with Crippen molar-refractivity contribution in [2.45, 2.75) is 13.3 Å². The zero-order valence-electron chi connectivity index (χ0n) is 14.3. The smallest absolute Gasteiger partial charge is 0.328 e. The third kappa shape index (κ3) is 7.50. The molecule has 2 aromatic rings. The van der Waals surface area contributed by atoms with Crippen LogP contribution in [0.5, 0.6) is 5.75 Å². The number of carboxylic acid groups (broad SMARTS) is 2. The van der Waals surface area contributed by atoms with Crippen LogP contribution in [0.4, 0.5) is 0 Å². The molecule has 25 heavy (non-hydrogen) atoms. The van der Waals surface area contributed by atoms with E-state index in [1.165, 1.54) is 10.9 Å². The van der Waals surface area contributed by atoms with Gasteiger partial charge >= 0.3 is 11.9 Å². The number of aromatic hydroxyl groups is 1. The summed E-state index contributed by atoms with van der Waals surface area (Å²) in [5.74, 6) is -2.15. The van der Waals surface area contributed by atoms with E-state index in [1.807, 2.05) is 30.3 Å². The molecular weight excluding hydrogens is 322 g/mol. The summed E-state index contributed by atoms with van der Waals surface area (Å²) in [4.78, 5) is 21.4. The highest BCUT2D eigenvalue weighted by Gasteiger charge is 2.04. The number of phenols is 1. The number of hydrogen-bond donors (Lipinski definition) is 3. The molecule has 0 heterocycles. The Hall–Kier alpha value is -2.86. The van der Waals surface area contributed by atoms with Gasteiger partial charge in [0, 0.05) is 18.7 Å². The van der Waals surface area contributed by atoms with Crippen molar-refractivity contribution in [1.29, 1.82) is 0 Å². The second-order valence-electron chi connectivity index (χ2n) is 5.48. The Morgan fingerprint density at radius 3 is 2.24 bits per heavy atom. The van der Waals surface area contributed by atoms with Crippen molar-refractivity contribution in [3.8, 4) is 5.75 Å². The molecule has 2 aromatic carbocycles. The first-order valence-corrected chi connectivity index (χ1v) is 7.86. The summed E-state index contributed by atoms with van der Waals surface area (Å²) in [5.41, 5.74) is 1.22. The van der Waals surface area contributed by atoms with Gasteiger partial charge < -0.3 is 20.2 Å². The van der Waals surface area contributed by atoms with Crippen molar-refractivity contribution in [3.05, 3.63) is 54.1 Å².